The third-order valence-corrected chi connectivity index (χ3v) is 3.35. The van der Waals surface area contributed by atoms with Crippen LogP contribution in [-0.2, 0) is 9.53 Å². The van der Waals surface area contributed by atoms with Crippen LogP contribution in [0.3, 0.4) is 0 Å². The first-order chi connectivity index (χ1) is 10.4. The Labute approximate surface area is 129 Å². The van der Waals surface area contributed by atoms with Gasteiger partial charge in [0.15, 0.2) is 0 Å². The van der Waals surface area contributed by atoms with E-state index in [4.69, 9.17) is 4.74 Å². The van der Waals surface area contributed by atoms with Gasteiger partial charge in [-0.05, 0) is 50.6 Å². The van der Waals surface area contributed by atoms with Gasteiger partial charge < -0.3 is 9.72 Å². The highest BCUT2D eigenvalue weighted by molar-refractivity contribution is 6.07. The van der Waals surface area contributed by atoms with Crippen molar-refractivity contribution in [1.29, 1.82) is 0 Å². The van der Waals surface area contributed by atoms with Crippen LogP contribution in [0, 0.1) is 0 Å². The number of nitrogens with one attached hydrogen (secondary N) is 1. The number of rotatable bonds is 2. The molecular formula is C19H19NO2. The molecule has 0 atom stereocenters. The summed E-state index contributed by atoms with van der Waals surface area (Å²) >= 11 is 0. The molecule has 0 spiro atoms. The van der Waals surface area contributed by atoms with Gasteiger partial charge in [0.05, 0.1) is 0 Å². The molecule has 1 N–H and O–H groups in total. The van der Waals surface area contributed by atoms with Crippen molar-refractivity contribution in [3.05, 3.63) is 54.1 Å². The first kappa shape index (κ1) is 14.4. The number of ether oxygens (including phenoxy) is 1. The highest BCUT2D eigenvalue weighted by Gasteiger charge is 2.13. The number of para-hydroxylation sites is 1. The molecule has 0 aliphatic heterocycles. The number of H-pyrrole nitrogens is 1. The van der Waals surface area contributed by atoms with Crippen LogP contribution in [0.2, 0.25) is 0 Å². The van der Waals surface area contributed by atoms with Crippen molar-refractivity contribution in [2.45, 2.75) is 26.4 Å². The fourth-order valence-corrected chi connectivity index (χ4v) is 2.47. The zero-order valence-electron chi connectivity index (χ0n) is 13.0. The Bertz CT molecular complexity index is 866. The third kappa shape index (κ3) is 3.03. The van der Waals surface area contributed by atoms with E-state index >= 15 is 0 Å². The number of benzene rings is 2. The van der Waals surface area contributed by atoms with Crippen LogP contribution in [0.5, 0.6) is 0 Å². The summed E-state index contributed by atoms with van der Waals surface area (Å²) in [5.41, 5.74) is 2.71. The normalized spacial score (nSPS) is 12.3. The lowest BCUT2D eigenvalue weighted by Crippen LogP contribution is -2.22. The quantitative estimate of drug-likeness (QED) is 0.551. The number of aromatic nitrogens is 1. The van der Waals surface area contributed by atoms with Gasteiger partial charge in [-0.1, -0.05) is 24.3 Å². The molecule has 2 aromatic carbocycles. The zero-order valence-corrected chi connectivity index (χ0v) is 13.0. The minimum absolute atomic E-state index is 0.327. The van der Waals surface area contributed by atoms with Gasteiger partial charge >= 0.3 is 5.97 Å². The van der Waals surface area contributed by atoms with Gasteiger partial charge in [-0.3, -0.25) is 0 Å². The maximum atomic E-state index is 11.7. The van der Waals surface area contributed by atoms with Crippen LogP contribution in [-0.4, -0.2) is 16.6 Å². The molecule has 0 saturated heterocycles. The molecule has 3 nitrogen and oxygen atoms in total. The van der Waals surface area contributed by atoms with E-state index in [1.54, 1.807) is 6.08 Å². The van der Waals surface area contributed by atoms with Crippen molar-refractivity contribution in [2.24, 2.45) is 0 Å². The summed E-state index contributed by atoms with van der Waals surface area (Å²) in [5.74, 6) is -0.327. The van der Waals surface area contributed by atoms with E-state index < -0.39 is 5.60 Å². The molecule has 3 rings (SSSR count). The molecule has 22 heavy (non-hydrogen) atoms. The summed E-state index contributed by atoms with van der Waals surface area (Å²) in [5, 5.41) is 2.34. The van der Waals surface area contributed by atoms with Crippen LogP contribution in [0.1, 0.15) is 26.3 Å². The molecular weight excluding hydrogens is 274 g/mol. The molecule has 0 fully saturated rings. The highest BCUT2D eigenvalue weighted by atomic mass is 16.6. The Balaban J connectivity index is 1.92. The van der Waals surface area contributed by atoms with Gasteiger partial charge in [0.25, 0.3) is 0 Å². The molecule has 0 aliphatic carbocycles. The minimum Gasteiger partial charge on any atom is -0.457 e. The van der Waals surface area contributed by atoms with Crippen molar-refractivity contribution < 1.29 is 9.53 Å². The molecule has 112 valence electrons. The Morgan fingerprint density at radius 1 is 1.05 bits per heavy atom. The molecule has 0 radical (unpaired) electrons. The molecule has 0 saturated carbocycles. The molecule has 1 aromatic heterocycles. The lowest BCUT2D eigenvalue weighted by molar-refractivity contribution is -0.148. The van der Waals surface area contributed by atoms with Crippen LogP contribution in [0.25, 0.3) is 27.9 Å². The van der Waals surface area contributed by atoms with E-state index in [0.717, 1.165) is 22.0 Å². The summed E-state index contributed by atoms with van der Waals surface area (Å²) in [6, 6.07) is 14.3. The van der Waals surface area contributed by atoms with Gasteiger partial charge in [0, 0.05) is 27.9 Å². The van der Waals surface area contributed by atoms with Gasteiger partial charge in [-0.2, -0.15) is 0 Å². The fraction of sp³-hybridized carbons (Fsp3) is 0.211. The summed E-state index contributed by atoms with van der Waals surface area (Å²) < 4.78 is 5.27. The van der Waals surface area contributed by atoms with Crippen molar-refractivity contribution in [3.8, 4) is 0 Å². The predicted molar refractivity (Wildman–Crippen MR) is 90.7 cm³/mol. The number of carbonyl (C=O) groups is 1. The lowest BCUT2D eigenvalue weighted by Gasteiger charge is -2.17. The van der Waals surface area contributed by atoms with E-state index in [1.807, 2.05) is 45.0 Å². The van der Waals surface area contributed by atoms with Crippen LogP contribution < -0.4 is 0 Å². The average Bonchev–Trinajstić information content (AvgIpc) is 2.81. The summed E-state index contributed by atoms with van der Waals surface area (Å²) in [6.07, 6.45) is 3.26. The Kier molecular flexibility index (Phi) is 3.49. The summed E-state index contributed by atoms with van der Waals surface area (Å²) in [4.78, 5) is 15.1. The number of hydrogen-bond donors (Lipinski definition) is 1. The average molecular weight is 293 g/mol. The number of carbonyl (C=O) groups excluding carboxylic acids is 1. The van der Waals surface area contributed by atoms with E-state index in [1.165, 1.54) is 11.5 Å². The topological polar surface area (TPSA) is 42.1 Å². The molecule has 0 amide bonds. The standard InChI is InChI=1S/C19H19NO2/c1-19(2,3)22-18(21)11-9-13-8-10-17-15(12-13)14-6-4-5-7-16(14)20-17/h4-12,20H,1-3H3/b11-9+. The van der Waals surface area contributed by atoms with Crippen LogP contribution in [0.15, 0.2) is 48.5 Å². The fourth-order valence-electron chi connectivity index (χ4n) is 2.47. The van der Waals surface area contributed by atoms with Crippen LogP contribution >= 0.6 is 0 Å². The van der Waals surface area contributed by atoms with E-state index in [-0.39, 0.29) is 5.97 Å². The first-order valence-corrected chi connectivity index (χ1v) is 7.34. The van der Waals surface area contributed by atoms with Crippen LogP contribution in [0.4, 0.5) is 0 Å². The van der Waals surface area contributed by atoms with Crippen molar-refractivity contribution in [1.82, 2.24) is 4.98 Å². The molecule has 0 unspecified atom stereocenters. The molecule has 1 heterocycles. The second-order valence-electron chi connectivity index (χ2n) is 6.34. The van der Waals surface area contributed by atoms with Gasteiger partial charge in [0.1, 0.15) is 5.60 Å². The van der Waals surface area contributed by atoms with E-state index in [0.29, 0.717) is 0 Å². The Morgan fingerprint density at radius 3 is 2.55 bits per heavy atom. The molecule has 3 heteroatoms. The second-order valence-corrected chi connectivity index (χ2v) is 6.34. The SMILES string of the molecule is CC(C)(C)OC(=O)/C=C/c1ccc2[nH]c3ccccc3c2c1. The number of aromatic amines is 1. The summed E-state index contributed by atoms with van der Waals surface area (Å²) in [7, 11) is 0. The number of hydrogen-bond acceptors (Lipinski definition) is 2. The van der Waals surface area contributed by atoms with E-state index in [9.17, 15) is 4.79 Å². The third-order valence-electron chi connectivity index (χ3n) is 3.35. The van der Waals surface area contributed by atoms with Gasteiger partial charge in [-0.15, -0.1) is 0 Å². The largest absolute Gasteiger partial charge is 0.457 e. The van der Waals surface area contributed by atoms with Gasteiger partial charge in [0.2, 0.25) is 0 Å². The Hall–Kier alpha value is -2.55. The molecule has 0 aliphatic rings. The minimum atomic E-state index is -0.470. The van der Waals surface area contributed by atoms with Crippen molar-refractivity contribution >= 4 is 33.9 Å². The summed E-state index contributed by atoms with van der Waals surface area (Å²) in [6.45, 7) is 5.57. The highest BCUT2D eigenvalue weighted by Crippen LogP contribution is 2.26. The monoisotopic (exact) mass is 293 g/mol. The Morgan fingerprint density at radius 2 is 1.77 bits per heavy atom. The molecule has 0 bridgehead atoms. The maximum absolute atomic E-state index is 11.7. The van der Waals surface area contributed by atoms with Crippen molar-refractivity contribution in [2.75, 3.05) is 0 Å². The smallest absolute Gasteiger partial charge is 0.331 e. The number of esters is 1. The second kappa shape index (κ2) is 5.34. The first-order valence-electron chi connectivity index (χ1n) is 7.34. The number of fused-ring (bicyclic) bond motifs is 3. The lowest BCUT2D eigenvalue weighted by atomic mass is 10.1. The zero-order chi connectivity index (χ0) is 15.7. The molecule has 3 aromatic rings. The van der Waals surface area contributed by atoms with E-state index in [2.05, 4.69) is 23.2 Å². The van der Waals surface area contributed by atoms with Gasteiger partial charge in [-0.25, -0.2) is 4.79 Å². The predicted octanol–water partition coefficient (Wildman–Crippen LogP) is 4.68. The maximum Gasteiger partial charge on any atom is 0.331 e. The van der Waals surface area contributed by atoms with Crippen molar-refractivity contribution in [3.63, 3.8) is 0 Å².